The van der Waals surface area contributed by atoms with Gasteiger partial charge >= 0.3 is 0 Å². The fraction of sp³-hybridized carbons (Fsp3) is 0.364. The molecule has 6 nitrogen and oxygen atoms in total. The molecule has 0 bridgehead atoms. The summed E-state index contributed by atoms with van der Waals surface area (Å²) in [5.74, 6) is 1.46. The number of carbonyl (C=O) groups excluding carboxylic acids is 2. The number of carbonyl (C=O) groups is 2. The number of amides is 2. The highest BCUT2D eigenvalue weighted by atomic mass is 16.5. The Labute approximate surface area is 165 Å². The van der Waals surface area contributed by atoms with Crippen molar-refractivity contribution in [3.05, 3.63) is 59.7 Å². The van der Waals surface area contributed by atoms with Gasteiger partial charge in [-0.25, -0.2) is 0 Å². The minimum Gasteiger partial charge on any atom is -0.493 e. The van der Waals surface area contributed by atoms with Gasteiger partial charge < -0.3 is 19.3 Å². The van der Waals surface area contributed by atoms with Gasteiger partial charge in [-0.3, -0.25) is 9.59 Å². The standard InChI is InChI=1S/C22H26N2O4/c1-27-19-10-6-9-17(21(19)28-2)11-12-20(25)23-13-15-24(16-14-23)22(26)18-7-4-3-5-8-18/h3-10H,11-16H2,1-2H3. The SMILES string of the molecule is COc1cccc(CCC(=O)N2CCN(C(=O)c3ccccc3)CC2)c1OC. The van der Waals surface area contributed by atoms with Crippen molar-refractivity contribution in [2.24, 2.45) is 0 Å². The molecule has 1 saturated heterocycles. The number of rotatable bonds is 6. The van der Waals surface area contributed by atoms with Crippen molar-refractivity contribution in [3.63, 3.8) is 0 Å². The van der Waals surface area contributed by atoms with Gasteiger partial charge in [0.1, 0.15) is 0 Å². The summed E-state index contributed by atoms with van der Waals surface area (Å²) in [5.41, 5.74) is 1.64. The first kappa shape index (κ1) is 19.7. The van der Waals surface area contributed by atoms with Gasteiger partial charge in [0.25, 0.3) is 5.91 Å². The lowest BCUT2D eigenvalue weighted by Crippen LogP contribution is -2.50. The summed E-state index contributed by atoms with van der Waals surface area (Å²) in [5, 5.41) is 0. The molecule has 1 aliphatic heterocycles. The Morgan fingerprint density at radius 2 is 1.54 bits per heavy atom. The van der Waals surface area contributed by atoms with Gasteiger partial charge in [0.2, 0.25) is 5.91 Å². The van der Waals surface area contributed by atoms with E-state index in [1.165, 1.54) is 0 Å². The number of para-hydroxylation sites is 1. The maximum absolute atomic E-state index is 12.6. The number of benzene rings is 2. The first-order valence-electron chi connectivity index (χ1n) is 9.46. The van der Waals surface area contributed by atoms with E-state index in [1.807, 2.05) is 58.3 Å². The Bertz CT molecular complexity index is 815. The maximum Gasteiger partial charge on any atom is 0.253 e. The zero-order chi connectivity index (χ0) is 19.9. The van der Waals surface area contributed by atoms with E-state index >= 15 is 0 Å². The van der Waals surface area contributed by atoms with Crippen molar-refractivity contribution in [2.45, 2.75) is 12.8 Å². The molecule has 0 aromatic heterocycles. The van der Waals surface area contributed by atoms with Gasteiger partial charge in [-0.2, -0.15) is 0 Å². The maximum atomic E-state index is 12.6. The molecule has 6 heteroatoms. The smallest absolute Gasteiger partial charge is 0.253 e. The van der Waals surface area contributed by atoms with Crippen LogP contribution in [-0.2, 0) is 11.2 Å². The summed E-state index contributed by atoms with van der Waals surface area (Å²) < 4.78 is 10.7. The molecule has 2 aromatic rings. The Balaban J connectivity index is 1.53. The van der Waals surface area contributed by atoms with Gasteiger partial charge in [-0.1, -0.05) is 30.3 Å². The van der Waals surface area contributed by atoms with Gasteiger partial charge in [0, 0.05) is 38.2 Å². The van der Waals surface area contributed by atoms with Crippen LogP contribution in [0.1, 0.15) is 22.3 Å². The van der Waals surface area contributed by atoms with E-state index in [2.05, 4.69) is 0 Å². The Kier molecular flexibility index (Phi) is 6.53. The topological polar surface area (TPSA) is 59.1 Å². The summed E-state index contributed by atoms with van der Waals surface area (Å²) in [6.45, 7) is 2.24. The molecule has 148 valence electrons. The number of hydrogen-bond donors (Lipinski definition) is 0. The number of ether oxygens (including phenoxy) is 2. The monoisotopic (exact) mass is 382 g/mol. The minimum atomic E-state index is 0.0221. The normalized spacial score (nSPS) is 13.9. The van der Waals surface area contributed by atoms with Crippen LogP contribution in [0, 0.1) is 0 Å². The quantitative estimate of drug-likeness (QED) is 0.771. The van der Waals surface area contributed by atoms with Crippen molar-refractivity contribution < 1.29 is 19.1 Å². The van der Waals surface area contributed by atoms with E-state index in [-0.39, 0.29) is 11.8 Å². The van der Waals surface area contributed by atoms with Crippen LogP contribution in [0.5, 0.6) is 11.5 Å². The third kappa shape index (κ3) is 4.44. The third-order valence-electron chi connectivity index (χ3n) is 5.03. The van der Waals surface area contributed by atoms with E-state index < -0.39 is 0 Å². The van der Waals surface area contributed by atoms with Crippen LogP contribution in [0.25, 0.3) is 0 Å². The Morgan fingerprint density at radius 3 is 2.18 bits per heavy atom. The first-order valence-corrected chi connectivity index (χ1v) is 9.46. The molecular weight excluding hydrogens is 356 g/mol. The van der Waals surface area contributed by atoms with Gasteiger partial charge in [-0.05, 0) is 30.2 Å². The lowest BCUT2D eigenvalue weighted by atomic mass is 10.1. The summed E-state index contributed by atoms with van der Waals surface area (Å²) >= 11 is 0. The summed E-state index contributed by atoms with van der Waals surface area (Å²) in [6.07, 6.45) is 0.985. The lowest BCUT2D eigenvalue weighted by Gasteiger charge is -2.35. The Morgan fingerprint density at radius 1 is 0.857 bits per heavy atom. The fourth-order valence-corrected chi connectivity index (χ4v) is 3.47. The van der Waals surface area contributed by atoms with Crippen LogP contribution in [0.15, 0.2) is 48.5 Å². The number of aryl methyl sites for hydroxylation is 1. The van der Waals surface area contributed by atoms with Crippen molar-refractivity contribution in [2.75, 3.05) is 40.4 Å². The highest BCUT2D eigenvalue weighted by Gasteiger charge is 2.24. The molecule has 2 aromatic carbocycles. The zero-order valence-electron chi connectivity index (χ0n) is 16.4. The van der Waals surface area contributed by atoms with E-state index in [0.29, 0.717) is 56.1 Å². The highest BCUT2D eigenvalue weighted by molar-refractivity contribution is 5.94. The van der Waals surface area contributed by atoms with Crippen LogP contribution in [0.2, 0.25) is 0 Å². The highest BCUT2D eigenvalue weighted by Crippen LogP contribution is 2.31. The predicted molar refractivity (Wildman–Crippen MR) is 107 cm³/mol. The average Bonchev–Trinajstić information content (AvgIpc) is 2.77. The molecule has 0 aliphatic carbocycles. The second-order valence-corrected chi connectivity index (χ2v) is 6.69. The van der Waals surface area contributed by atoms with Crippen LogP contribution in [0.4, 0.5) is 0 Å². The number of piperazine rings is 1. The van der Waals surface area contributed by atoms with E-state index in [1.54, 1.807) is 14.2 Å². The van der Waals surface area contributed by atoms with E-state index in [4.69, 9.17) is 9.47 Å². The third-order valence-corrected chi connectivity index (χ3v) is 5.03. The van der Waals surface area contributed by atoms with Crippen LogP contribution < -0.4 is 9.47 Å². The molecule has 1 aliphatic rings. The molecule has 0 N–H and O–H groups in total. The van der Waals surface area contributed by atoms with Gasteiger partial charge in [0.05, 0.1) is 14.2 Å². The summed E-state index contributed by atoms with van der Waals surface area (Å²) in [6, 6.07) is 14.9. The number of methoxy groups -OCH3 is 2. The molecule has 0 atom stereocenters. The van der Waals surface area contributed by atoms with Gasteiger partial charge in [-0.15, -0.1) is 0 Å². The molecule has 1 fully saturated rings. The second-order valence-electron chi connectivity index (χ2n) is 6.69. The Hall–Kier alpha value is -3.02. The molecule has 1 heterocycles. The summed E-state index contributed by atoms with van der Waals surface area (Å²) in [4.78, 5) is 28.8. The minimum absolute atomic E-state index is 0.0221. The van der Waals surface area contributed by atoms with Crippen LogP contribution >= 0.6 is 0 Å². The van der Waals surface area contributed by atoms with Crippen LogP contribution in [0.3, 0.4) is 0 Å². The van der Waals surface area contributed by atoms with Crippen molar-refractivity contribution >= 4 is 11.8 Å². The second kappa shape index (κ2) is 9.26. The van der Waals surface area contributed by atoms with Gasteiger partial charge in [0.15, 0.2) is 11.5 Å². The number of hydrogen-bond acceptors (Lipinski definition) is 4. The molecule has 0 saturated carbocycles. The van der Waals surface area contributed by atoms with Crippen LogP contribution in [-0.4, -0.2) is 62.0 Å². The number of nitrogens with zero attached hydrogens (tertiary/aromatic N) is 2. The molecule has 2 amide bonds. The summed E-state index contributed by atoms with van der Waals surface area (Å²) in [7, 11) is 3.20. The largest absolute Gasteiger partial charge is 0.493 e. The molecule has 0 spiro atoms. The molecular formula is C22H26N2O4. The molecule has 0 radical (unpaired) electrons. The van der Waals surface area contributed by atoms with Crippen molar-refractivity contribution in [1.82, 2.24) is 9.80 Å². The van der Waals surface area contributed by atoms with E-state index in [0.717, 1.165) is 5.56 Å². The molecule has 28 heavy (non-hydrogen) atoms. The van der Waals surface area contributed by atoms with Crippen molar-refractivity contribution in [3.8, 4) is 11.5 Å². The molecule has 3 rings (SSSR count). The van der Waals surface area contributed by atoms with Crippen molar-refractivity contribution in [1.29, 1.82) is 0 Å². The zero-order valence-corrected chi connectivity index (χ0v) is 16.4. The predicted octanol–water partition coefficient (Wildman–Crippen LogP) is 2.62. The first-order chi connectivity index (χ1) is 13.6. The average molecular weight is 382 g/mol. The lowest BCUT2D eigenvalue weighted by molar-refractivity contribution is -0.132. The fourth-order valence-electron chi connectivity index (χ4n) is 3.47. The van der Waals surface area contributed by atoms with E-state index in [9.17, 15) is 9.59 Å². The molecule has 0 unspecified atom stereocenters.